The van der Waals surface area contributed by atoms with Gasteiger partial charge in [0.2, 0.25) is 5.91 Å². The van der Waals surface area contributed by atoms with Crippen molar-refractivity contribution in [3.05, 3.63) is 0 Å². The Morgan fingerprint density at radius 2 is 2.11 bits per heavy atom. The molecule has 6 nitrogen and oxygen atoms in total. The standard InChI is InChI=1S/C9H12F3NO5/c10-9(11,12)1-6(15)13-4-3-18-5(2-14)8(17)7(4)16/h4-5,8,14,17H,1-3H2,(H,13,15)/t4-,5+,8-/m0/s1. The van der Waals surface area contributed by atoms with Gasteiger partial charge in [0.25, 0.3) is 0 Å². The predicted molar refractivity (Wildman–Crippen MR) is 50.4 cm³/mol. The van der Waals surface area contributed by atoms with Crippen LogP contribution in [0.5, 0.6) is 0 Å². The Kier molecular flexibility index (Phi) is 4.65. The molecule has 3 atom stereocenters. The fourth-order valence-electron chi connectivity index (χ4n) is 1.48. The van der Waals surface area contributed by atoms with Crippen molar-refractivity contribution >= 4 is 11.7 Å². The number of carbonyl (C=O) groups excluding carboxylic acids is 2. The maximum Gasteiger partial charge on any atom is 0.397 e. The molecule has 104 valence electrons. The highest BCUT2D eigenvalue weighted by Crippen LogP contribution is 2.19. The zero-order chi connectivity index (χ0) is 13.9. The second-order valence-corrected chi connectivity index (χ2v) is 3.81. The molecule has 0 spiro atoms. The number of Topliss-reactive ketones (excluding diaryl/α,β-unsaturated/α-hetero) is 1. The summed E-state index contributed by atoms with van der Waals surface area (Å²) in [6.45, 7) is -0.985. The highest BCUT2D eigenvalue weighted by molar-refractivity contribution is 5.93. The molecular weight excluding hydrogens is 259 g/mol. The van der Waals surface area contributed by atoms with E-state index in [2.05, 4.69) is 0 Å². The number of carbonyl (C=O) groups is 2. The molecule has 1 fully saturated rings. The number of hydrogen-bond donors (Lipinski definition) is 3. The largest absolute Gasteiger partial charge is 0.397 e. The number of hydrogen-bond acceptors (Lipinski definition) is 5. The normalized spacial score (nSPS) is 29.2. The molecule has 1 saturated heterocycles. The van der Waals surface area contributed by atoms with Crippen LogP contribution in [0.3, 0.4) is 0 Å². The molecule has 3 N–H and O–H groups in total. The SMILES string of the molecule is O=C(CC(F)(F)F)N[C@H]1CO[C@H](CO)[C@H](O)C1=O. The van der Waals surface area contributed by atoms with Gasteiger partial charge in [0.1, 0.15) is 24.7 Å². The smallest absolute Gasteiger partial charge is 0.394 e. The van der Waals surface area contributed by atoms with E-state index in [1.54, 1.807) is 0 Å². The van der Waals surface area contributed by atoms with Crippen molar-refractivity contribution in [1.29, 1.82) is 0 Å². The summed E-state index contributed by atoms with van der Waals surface area (Å²) in [6, 6.07) is -1.34. The average molecular weight is 271 g/mol. The molecule has 18 heavy (non-hydrogen) atoms. The van der Waals surface area contributed by atoms with E-state index in [4.69, 9.17) is 9.84 Å². The van der Waals surface area contributed by atoms with Gasteiger partial charge in [0, 0.05) is 0 Å². The predicted octanol–water partition coefficient (Wildman–Crippen LogP) is -1.26. The first-order chi connectivity index (χ1) is 8.24. The molecule has 1 heterocycles. The molecule has 0 aromatic carbocycles. The molecule has 1 aliphatic rings. The lowest BCUT2D eigenvalue weighted by Crippen LogP contribution is -2.57. The fourth-order valence-corrected chi connectivity index (χ4v) is 1.48. The summed E-state index contributed by atoms with van der Waals surface area (Å²) >= 11 is 0. The first kappa shape index (κ1) is 14.9. The van der Waals surface area contributed by atoms with E-state index in [0.717, 1.165) is 0 Å². The second-order valence-electron chi connectivity index (χ2n) is 3.81. The van der Waals surface area contributed by atoms with Crippen LogP contribution in [0.25, 0.3) is 0 Å². The van der Waals surface area contributed by atoms with Gasteiger partial charge >= 0.3 is 6.18 Å². The number of amides is 1. The number of halogens is 3. The van der Waals surface area contributed by atoms with Crippen LogP contribution in [0.1, 0.15) is 6.42 Å². The number of alkyl halides is 3. The Morgan fingerprint density at radius 3 is 2.61 bits per heavy atom. The average Bonchev–Trinajstić information content (AvgIpc) is 2.22. The zero-order valence-electron chi connectivity index (χ0n) is 9.11. The van der Waals surface area contributed by atoms with Gasteiger partial charge in [0.05, 0.1) is 13.2 Å². The van der Waals surface area contributed by atoms with Gasteiger partial charge in [-0.05, 0) is 0 Å². The van der Waals surface area contributed by atoms with Gasteiger partial charge in [-0.1, -0.05) is 0 Å². The van der Waals surface area contributed by atoms with Crippen molar-refractivity contribution in [2.45, 2.75) is 30.8 Å². The molecular formula is C9H12F3NO5. The molecule has 0 aliphatic carbocycles. The Hall–Kier alpha value is -1.19. The summed E-state index contributed by atoms with van der Waals surface area (Å²) in [5.41, 5.74) is 0. The summed E-state index contributed by atoms with van der Waals surface area (Å²) < 4.78 is 40.5. The van der Waals surface area contributed by atoms with Crippen LogP contribution in [0.2, 0.25) is 0 Å². The van der Waals surface area contributed by atoms with E-state index >= 15 is 0 Å². The van der Waals surface area contributed by atoms with Crippen molar-refractivity contribution in [2.24, 2.45) is 0 Å². The minimum Gasteiger partial charge on any atom is -0.394 e. The van der Waals surface area contributed by atoms with Crippen molar-refractivity contribution in [1.82, 2.24) is 5.32 Å². The quantitative estimate of drug-likeness (QED) is 0.596. The highest BCUT2D eigenvalue weighted by Gasteiger charge is 2.39. The second kappa shape index (κ2) is 5.63. The Bertz CT molecular complexity index is 333. The van der Waals surface area contributed by atoms with E-state index in [0.29, 0.717) is 0 Å². The molecule has 0 bridgehead atoms. The van der Waals surface area contributed by atoms with Gasteiger partial charge in [-0.2, -0.15) is 13.2 Å². The highest BCUT2D eigenvalue weighted by atomic mass is 19.4. The van der Waals surface area contributed by atoms with Gasteiger partial charge in [0.15, 0.2) is 5.78 Å². The third-order valence-electron chi connectivity index (χ3n) is 2.34. The van der Waals surface area contributed by atoms with Gasteiger partial charge in [-0.15, -0.1) is 0 Å². The summed E-state index contributed by atoms with van der Waals surface area (Å²) in [4.78, 5) is 22.4. The third kappa shape index (κ3) is 3.93. The van der Waals surface area contributed by atoms with Crippen molar-refractivity contribution in [3.8, 4) is 0 Å². The lowest BCUT2D eigenvalue weighted by Gasteiger charge is -2.31. The number of rotatable bonds is 3. The summed E-state index contributed by atoms with van der Waals surface area (Å²) in [5, 5.41) is 19.9. The molecule has 9 heteroatoms. The number of nitrogens with one attached hydrogen (secondary N) is 1. The van der Waals surface area contributed by atoms with E-state index in [-0.39, 0.29) is 6.61 Å². The van der Waals surface area contributed by atoms with Crippen molar-refractivity contribution in [2.75, 3.05) is 13.2 Å². The molecule has 0 unspecified atom stereocenters. The molecule has 1 rings (SSSR count). The third-order valence-corrected chi connectivity index (χ3v) is 2.34. The minimum atomic E-state index is -4.67. The van der Waals surface area contributed by atoms with E-state index in [1.807, 2.05) is 5.32 Å². The van der Waals surface area contributed by atoms with Crippen LogP contribution >= 0.6 is 0 Å². The Morgan fingerprint density at radius 1 is 1.50 bits per heavy atom. The molecule has 0 aromatic heterocycles. The van der Waals surface area contributed by atoms with Gasteiger partial charge < -0.3 is 20.3 Å². The lowest BCUT2D eigenvalue weighted by molar-refractivity contribution is -0.163. The number of aliphatic hydroxyl groups is 2. The van der Waals surface area contributed by atoms with E-state index in [1.165, 1.54) is 0 Å². The molecule has 0 radical (unpaired) electrons. The monoisotopic (exact) mass is 271 g/mol. The van der Waals surface area contributed by atoms with Crippen LogP contribution in [0.15, 0.2) is 0 Å². The molecule has 0 aromatic rings. The van der Waals surface area contributed by atoms with Crippen molar-refractivity contribution in [3.63, 3.8) is 0 Å². The lowest BCUT2D eigenvalue weighted by atomic mass is 10.0. The summed E-state index contributed by atoms with van der Waals surface area (Å²) in [6.07, 6.45) is -9.17. The number of ketones is 1. The number of ether oxygens (including phenoxy) is 1. The van der Waals surface area contributed by atoms with Crippen molar-refractivity contribution < 1.29 is 37.7 Å². The fraction of sp³-hybridized carbons (Fsp3) is 0.778. The number of aliphatic hydroxyl groups excluding tert-OH is 2. The Balaban J connectivity index is 2.54. The van der Waals surface area contributed by atoms with Crippen LogP contribution in [-0.2, 0) is 14.3 Å². The van der Waals surface area contributed by atoms with Crippen LogP contribution < -0.4 is 5.32 Å². The topological polar surface area (TPSA) is 95.9 Å². The molecule has 1 amide bonds. The van der Waals surface area contributed by atoms with Gasteiger partial charge in [-0.25, -0.2) is 0 Å². The van der Waals surface area contributed by atoms with E-state index < -0.39 is 49.1 Å². The first-order valence-electron chi connectivity index (χ1n) is 5.05. The van der Waals surface area contributed by atoms with Crippen LogP contribution in [0.4, 0.5) is 13.2 Å². The van der Waals surface area contributed by atoms with E-state index in [9.17, 15) is 27.9 Å². The van der Waals surface area contributed by atoms with Crippen LogP contribution in [-0.4, -0.2) is 59.5 Å². The minimum absolute atomic E-state index is 0.384. The Labute approximate surface area is 99.7 Å². The summed E-state index contributed by atoms with van der Waals surface area (Å²) in [7, 11) is 0. The maximum absolute atomic E-state index is 11.9. The van der Waals surface area contributed by atoms with Gasteiger partial charge in [-0.3, -0.25) is 9.59 Å². The first-order valence-corrected chi connectivity index (χ1v) is 5.05. The zero-order valence-corrected chi connectivity index (χ0v) is 9.11. The summed E-state index contributed by atoms with van der Waals surface area (Å²) in [5.74, 6) is -2.25. The van der Waals surface area contributed by atoms with Crippen LogP contribution in [0, 0.1) is 0 Å². The molecule has 1 aliphatic heterocycles. The maximum atomic E-state index is 11.9. The molecule has 0 saturated carbocycles.